The predicted molar refractivity (Wildman–Crippen MR) is 63.6 cm³/mol. The van der Waals surface area contributed by atoms with Crippen LogP contribution in [0.1, 0.15) is 28.4 Å². The second kappa shape index (κ2) is 4.57. The van der Waals surface area contributed by atoms with E-state index in [2.05, 4.69) is 0 Å². The number of ketones is 1. The summed E-state index contributed by atoms with van der Waals surface area (Å²) in [6.07, 6.45) is -0.773. The van der Waals surface area contributed by atoms with E-state index in [4.69, 9.17) is 16.7 Å². The molecule has 96 valence electrons. The second-order valence-corrected chi connectivity index (χ2v) is 4.57. The van der Waals surface area contributed by atoms with E-state index in [-0.39, 0.29) is 35.0 Å². The summed E-state index contributed by atoms with van der Waals surface area (Å²) >= 11 is 6.07. The van der Waals surface area contributed by atoms with E-state index in [1.807, 2.05) is 0 Å². The lowest BCUT2D eigenvalue weighted by Crippen LogP contribution is -2.35. The summed E-state index contributed by atoms with van der Waals surface area (Å²) in [6.45, 7) is 1.54. The van der Waals surface area contributed by atoms with Gasteiger partial charge in [0.15, 0.2) is 5.78 Å². The third-order valence-corrected chi connectivity index (χ3v) is 3.49. The standard InChI is InChI=1S/C12H11ClFNO3/c1-6(16)8-4-10(14)9-5-15(12(17)18)3-2-7(9)11(8)13/h4H,2-3,5H2,1H3,(H,17,18). The maximum absolute atomic E-state index is 13.9. The molecule has 1 aliphatic heterocycles. The molecule has 4 nitrogen and oxygen atoms in total. The van der Waals surface area contributed by atoms with Crippen molar-refractivity contribution in [2.24, 2.45) is 0 Å². The summed E-state index contributed by atoms with van der Waals surface area (Å²) < 4.78 is 13.9. The lowest BCUT2D eigenvalue weighted by molar-refractivity contribution is 0.101. The number of hydrogen-bond donors (Lipinski definition) is 1. The number of rotatable bonds is 1. The highest BCUT2D eigenvalue weighted by Crippen LogP contribution is 2.31. The number of fused-ring (bicyclic) bond motifs is 1. The van der Waals surface area contributed by atoms with Gasteiger partial charge in [0.1, 0.15) is 5.82 Å². The second-order valence-electron chi connectivity index (χ2n) is 4.19. The molecule has 0 saturated carbocycles. The molecular formula is C12H11ClFNO3. The minimum absolute atomic E-state index is 0.0333. The molecule has 0 spiro atoms. The maximum Gasteiger partial charge on any atom is 0.407 e. The van der Waals surface area contributed by atoms with Crippen LogP contribution in [0.25, 0.3) is 0 Å². The molecule has 0 aromatic heterocycles. The molecule has 0 aliphatic carbocycles. The third kappa shape index (κ3) is 2.06. The van der Waals surface area contributed by atoms with E-state index >= 15 is 0 Å². The van der Waals surface area contributed by atoms with Crippen molar-refractivity contribution in [1.29, 1.82) is 0 Å². The van der Waals surface area contributed by atoms with Gasteiger partial charge in [-0.25, -0.2) is 9.18 Å². The van der Waals surface area contributed by atoms with Crippen LogP contribution < -0.4 is 0 Å². The molecule has 1 N–H and O–H groups in total. The van der Waals surface area contributed by atoms with Gasteiger partial charge < -0.3 is 10.0 Å². The number of carbonyl (C=O) groups is 2. The van der Waals surface area contributed by atoms with E-state index < -0.39 is 11.9 Å². The minimum Gasteiger partial charge on any atom is -0.465 e. The Morgan fingerprint density at radius 3 is 2.67 bits per heavy atom. The summed E-state index contributed by atoms with van der Waals surface area (Å²) in [5, 5.41) is 9.12. The van der Waals surface area contributed by atoms with E-state index in [1.165, 1.54) is 6.92 Å². The molecule has 18 heavy (non-hydrogen) atoms. The Balaban J connectivity index is 2.51. The van der Waals surface area contributed by atoms with Gasteiger partial charge >= 0.3 is 6.09 Å². The van der Waals surface area contributed by atoms with E-state index in [1.54, 1.807) is 0 Å². The summed E-state index contributed by atoms with van der Waals surface area (Å²) in [4.78, 5) is 23.3. The molecule has 1 aliphatic rings. The Kier molecular flexibility index (Phi) is 3.26. The molecule has 2 rings (SSSR count). The van der Waals surface area contributed by atoms with Gasteiger partial charge in [-0.05, 0) is 25.0 Å². The number of amides is 1. The molecule has 1 heterocycles. The van der Waals surface area contributed by atoms with Gasteiger partial charge in [0.25, 0.3) is 0 Å². The number of nitrogens with zero attached hydrogens (tertiary/aromatic N) is 1. The van der Waals surface area contributed by atoms with Crippen LogP contribution in [-0.2, 0) is 13.0 Å². The first-order chi connectivity index (χ1) is 8.41. The molecule has 0 bridgehead atoms. The largest absolute Gasteiger partial charge is 0.465 e. The minimum atomic E-state index is -1.09. The summed E-state index contributed by atoms with van der Waals surface area (Å²) in [5.41, 5.74) is 0.953. The smallest absolute Gasteiger partial charge is 0.407 e. The Hall–Kier alpha value is -1.62. The number of carboxylic acid groups (broad SMARTS) is 1. The van der Waals surface area contributed by atoms with Crippen molar-refractivity contribution < 1.29 is 19.1 Å². The third-order valence-electron chi connectivity index (χ3n) is 3.06. The Morgan fingerprint density at radius 2 is 2.11 bits per heavy atom. The van der Waals surface area contributed by atoms with Gasteiger partial charge in [-0.1, -0.05) is 11.6 Å². The van der Waals surface area contributed by atoms with Crippen molar-refractivity contribution in [2.45, 2.75) is 19.9 Å². The quantitative estimate of drug-likeness (QED) is 0.799. The first-order valence-corrected chi connectivity index (χ1v) is 5.78. The first kappa shape index (κ1) is 12.8. The van der Waals surface area contributed by atoms with Crippen molar-refractivity contribution in [2.75, 3.05) is 6.54 Å². The van der Waals surface area contributed by atoms with E-state index in [9.17, 15) is 14.0 Å². The van der Waals surface area contributed by atoms with Crippen LogP contribution in [0.5, 0.6) is 0 Å². The zero-order valence-corrected chi connectivity index (χ0v) is 10.4. The fourth-order valence-corrected chi connectivity index (χ4v) is 2.48. The molecule has 0 saturated heterocycles. The Morgan fingerprint density at radius 1 is 1.44 bits per heavy atom. The van der Waals surface area contributed by atoms with Crippen LogP contribution in [0, 0.1) is 5.82 Å². The van der Waals surface area contributed by atoms with Crippen LogP contribution in [-0.4, -0.2) is 28.4 Å². The van der Waals surface area contributed by atoms with Crippen LogP contribution in [0.15, 0.2) is 6.07 Å². The molecular weight excluding hydrogens is 261 g/mol. The fourth-order valence-electron chi connectivity index (χ4n) is 2.08. The van der Waals surface area contributed by atoms with Crippen LogP contribution in [0.4, 0.5) is 9.18 Å². The lowest BCUT2D eigenvalue weighted by Gasteiger charge is -2.28. The Labute approximate surface area is 108 Å². The van der Waals surface area contributed by atoms with Gasteiger partial charge in [-0.3, -0.25) is 4.79 Å². The zero-order valence-electron chi connectivity index (χ0n) is 9.67. The highest BCUT2D eigenvalue weighted by atomic mass is 35.5. The highest BCUT2D eigenvalue weighted by molar-refractivity contribution is 6.34. The number of halogens is 2. The Bertz CT molecular complexity index is 545. The molecule has 0 unspecified atom stereocenters. The van der Waals surface area contributed by atoms with Crippen LogP contribution in [0.3, 0.4) is 0 Å². The number of Topliss-reactive ketones (excluding diaryl/α,β-unsaturated/α-hetero) is 1. The van der Waals surface area contributed by atoms with Gasteiger partial charge in [0, 0.05) is 17.7 Å². The molecule has 6 heteroatoms. The number of benzene rings is 1. The van der Waals surface area contributed by atoms with Crippen molar-refractivity contribution in [3.8, 4) is 0 Å². The average molecular weight is 272 g/mol. The van der Waals surface area contributed by atoms with Gasteiger partial charge in [-0.2, -0.15) is 0 Å². The van der Waals surface area contributed by atoms with E-state index in [0.717, 1.165) is 11.0 Å². The summed E-state index contributed by atoms with van der Waals surface area (Å²) in [6, 6.07) is 1.08. The molecule has 0 radical (unpaired) electrons. The van der Waals surface area contributed by atoms with Crippen LogP contribution >= 0.6 is 11.6 Å². The molecule has 0 fully saturated rings. The average Bonchev–Trinajstić information content (AvgIpc) is 2.32. The van der Waals surface area contributed by atoms with Gasteiger partial charge in [-0.15, -0.1) is 0 Å². The number of carbonyl (C=O) groups excluding carboxylic acids is 1. The van der Waals surface area contributed by atoms with Crippen molar-refractivity contribution in [3.05, 3.63) is 33.6 Å². The highest BCUT2D eigenvalue weighted by Gasteiger charge is 2.26. The predicted octanol–water partition coefficient (Wildman–Crippen LogP) is 2.72. The monoisotopic (exact) mass is 271 g/mol. The summed E-state index contributed by atoms with van der Waals surface area (Å²) in [5.74, 6) is -0.882. The molecule has 1 aromatic carbocycles. The van der Waals surface area contributed by atoms with Crippen LogP contribution in [0.2, 0.25) is 5.02 Å². The normalized spacial score (nSPS) is 14.3. The van der Waals surface area contributed by atoms with Gasteiger partial charge in [0.05, 0.1) is 11.6 Å². The number of hydrogen-bond acceptors (Lipinski definition) is 2. The zero-order chi connectivity index (χ0) is 13.4. The fraction of sp³-hybridized carbons (Fsp3) is 0.333. The molecule has 1 amide bonds. The maximum atomic E-state index is 13.9. The SMILES string of the molecule is CC(=O)c1cc(F)c2c(c1Cl)CCN(C(=O)O)C2. The van der Waals surface area contributed by atoms with Crippen molar-refractivity contribution in [1.82, 2.24) is 4.90 Å². The van der Waals surface area contributed by atoms with Gasteiger partial charge in [0.2, 0.25) is 0 Å². The molecule has 0 atom stereocenters. The first-order valence-electron chi connectivity index (χ1n) is 5.40. The topological polar surface area (TPSA) is 57.6 Å². The lowest BCUT2D eigenvalue weighted by atomic mass is 9.95. The summed E-state index contributed by atoms with van der Waals surface area (Å²) in [7, 11) is 0. The van der Waals surface area contributed by atoms with Crippen molar-refractivity contribution in [3.63, 3.8) is 0 Å². The van der Waals surface area contributed by atoms with E-state index in [0.29, 0.717) is 12.0 Å². The van der Waals surface area contributed by atoms with Crippen molar-refractivity contribution >= 4 is 23.5 Å². The molecule has 1 aromatic rings.